The number of hydrogen-bond acceptors (Lipinski definition) is 5. The quantitative estimate of drug-likeness (QED) is 0.620. The summed E-state index contributed by atoms with van der Waals surface area (Å²) < 4.78 is 18.8. The maximum atomic E-state index is 14.2. The van der Waals surface area contributed by atoms with E-state index in [4.69, 9.17) is 0 Å². The lowest BCUT2D eigenvalue weighted by atomic mass is 10.00. The molecular weight excluding hydrogens is 329 g/mol. The number of benzene rings is 1. The molecule has 1 aromatic heterocycles. The van der Waals surface area contributed by atoms with Gasteiger partial charge in [0, 0.05) is 11.0 Å². The van der Waals surface area contributed by atoms with E-state index < -0.39 is 11.8 Å². The third kappa shape index (κ3) is 2.78. The Hall–Kier alpha value is -2.34. The first-order valence-electron chi connectivity index (χ1n) is 7.53. The second-order valence-electron chi connectivity index (χ2n) is 5.86. The summed E-state index contributed by atoms with van der Waals surface area (Å²) in [6.07, 6.45) is 2.23. The molecule has 1 aliphatic rings. The van der Waals surface area contributed by atoms with Gasteiger partial charge in [-0.1, -0.05) is 19.9 Å². The van der Waals surface area contributed by atoms with Gasteiger partial charge in [-0.25, -0.2) is 14.2 Å². The number of aromatic nitrogens is 1. The predicted octanol–water partition coefficient (Wildman–Crippen LogP) is 4.01. The van der Waals surface area contributed by atoms with Crippen LogP contribution >= 0.6 is 11.3 Å². The molecule has 0 atom stereocenters. The Morgan fingerprint density at radius 3 is 2.71 bits per heavy atom. The molecule has 0 radical (unpaired) electrons. The number of nitrogens with zero attached hydrogens (tertiary/aromatic N) is 1. The summed E-state index contributed by atoms with van der Waals surface area (Å²) in [5.41, 5.74) is 2.45. The topological polar surface area (TPSA) is 56.3 Å². The molecule has 0 aliphatic heterocycles. The van der Waals surface area contributed by atoms with Crippen LogP contribution in [0.25, 0.3) is 5.57 Å². The van der Waals surface area contributed by atoms with E-state index in [9.17, 15) is 14.0 Å². The van der Waals surface area contributed by atoms with Gasteiger partial charge < -0.3 is 4.74 Å². The Labute approximate surface area is 143 Å². The van der Waals surface area contributed by atoms with E-state index in [0.717, 1.165) is 11.3 Å². The van der Waals surface area contributed by atoms with Crippen LogP contribution in [0, 0.1) is 5.82 Å². The van der Waals surface area contributed by atoms with Gasteiger partial charge in [-0.15, -0.1) is 11.3 Å². The van der Waals surface area contributed by atoms with Crippen LogP contribution in [-0.2, 0) is 11.2 Å². The van der Waals surface area contributed by atoms with Gasteiger partial charge in [0.25, 0.3) is 0 Å². The number of ketones is 1. The lowest BCUT2D eigenvalue weighted by Crippen LogP contribution is -2.07. The van der Waals surface area contributed by atoms with Gasteiger partial charge in [-0.3, -0.25) is 4.79 Å². The molecule has 24 heavy (non-hydrogen) atoms. The molecule has 0 fully saturated rings. The fourth-order valence-electron chi connectivity index (χ4n) is 2.61. The monoisotopic (exact) mass is 345 g/mol. The molecule has 6 heteroatoms. The van der Waals surface area contributed by atoms with Crippen molar-refractivity contribution in [2.75, 3.05) is 7.11 Å². The van der Waals surface area contributed by atoms with E-state index in [2.05, 4.69) is 9.72 Å². The first kappa shape index (κ1) is 16.5. The second-order valence-corrected chi connectivity index (χ2v) is 6.72. The van der Waals surface area contributed by atoms with Crippen molar-refractivity contribution in [3.8, 4) is 0 Å². The van der Waals surface area contributed by atoms with Crippen molar-refractivity contribution in [2.24, 2.45) is 0 Å². The van der Waals surface area contributed by atoms with Crippen LogP contribution in [0.5, 0.6) is 0 Å². The molecule has 0 bridgehead atoms. The summed E-state index contributed by atoms with van der Waals surface area (Å²) >= 11 is 1.29. The van der Waals surface area contributed by atoms with Crippen molar-refractivity contribution >= 4 is 28.7 Å². The van der Waals surface area contributed by atoms with Crippen LogP contribution in [-0.4, -0.2) is 23.8 Å². The van der Waals surface area contributed by atoms with Crippen LogP contribution in [0.3, 0.4) is 0 Å². The smallest absolute Gasteiger partial charge is 0.340 e. The van der Waals surface area contributed by atoms with Gasteiger partial charge in [-0.05, 0) is 35.6 Å². The fraction of sp³-hybridized carbons (Fsp3) is 0.278. The molecule has 0 unspecified atom stereocenters. The number of fused-ring (bicyclic) bond motifs is 1. The van der Waals surface area contributed by atoms with E-state index in [1.165, 1.54) is 30.6 Å². The summed E-state index contributed by atoms with van der Waals surface area (Å²) in [4.78, 5) is 28.6. The zero-order valence-corrected chi connectivity index (χ0v) is 14.4. The molecule has 0 spiro atoms. The molecule has 0 saturated heterocycles. The van der Waals surface area contributed by atoms with Crippen molar-refractivity contribution in [3.63, 3.8) is 0 Å². The van der Waals surface area contributed by atoms with Gasteiger partial charge in [0.1, 0.15) is 5.82 Å². The van der Waals surface area contributed by atoms with Crippen molar-refractivity contribution in [2.45, 2.75) is 26.2 Å². The number of hydrogen-bond donors (Lipinski definition) is 0. The lowest BCUT2D eigenvalue weighted by molar-refractivity contribution is 0.0595. The molecule has 124 valence electrons. The Kier molecular flexibility index (Phi) is 4.32. The molecule has 2 aromatic rings. The number of rotatable bonds is 4. The summed E-state index contributed by atoms with van der Waals surface area (Å²) in [5, 5.41) is 2.27. The molecule has 3 rings (SSSR count). The largest absolute Gasteiger partial charge is 0.465 e. The minimum atomic E-state index is -0.725. The fourth-order valence-corrected chi connectivity index (χ4v) is 3.54. The molecule has 1 aliphatic carbocycles. The maximum Gasteiger partial charge on any atom is 0.340 e. The number of halogens is 1. The highest BCUT2D eigenvalue weighted by atomic mass is 32.1. The van der Waals surface area contributed by atoms with Gasteiger partial charge in [-0.2, -0.15) is 0 Å². The number of Topliss-reactive ketones (excluding diaryl/α,β-unsaturated/α-hetero) is 1. The lowest BCUT2D eigenvalue weighted by Gasteiger charge is -2.07. The van der Waals surface area contributed by atoms with Gasteiger partial charge in [0.15, 0.2) is 5.01 Å². The maximum absolute atomic E-state index is 14.2. The SMILES string of the molecule is COC(=O)c1cc2c(cc1F)C(C(=O)c1nc(C(C)C)cs1)=CC2. The van der Waals surface area contributed by atoms with Crippen LogP contribution in [0.1, 0.15) is 56.7 Å². The zero-order valence-electron chi connectivity index (χ0n) is 13.6. The summed E-state index contributed by atoms with van der Waals surface area (Å²) in [7, 11) is 1.21. The van der Waals surface area contributed by atoms with Gasteiger partial charge in [0.2, 0.25) is 5.78 Å². The molecule has 1 aromatic carbocycles. The Morgan fingerprint density at radius 1 is 1.33 bits per heavy atom. The molecule has 0 saturated carbocycles. The highest BCUT2D eigenvalue weighted by Gasteiger charge is 2.26. The van der Waals surface area contributed by atoms with Crippen molar-refractivity contribution < 1.29 is 18.7 Å². The van der Waals surface area contributed by atoms with Crippen LogP contribution in [0.2, 0.25) is 0 Å². The Morgan fingerprint density at radius 2 is 2.08 bits per heavy atom. The van der Waals surface area contributed by atoms with E-state index in [1.54, 1.807) is 6.08 Å². The van der Waals surface area contributed by atoms with Crippen LogP contribution in [0.15, 0.2) is 23.6 Å². The van der Waals surface area contributed by atoms with Crippen LogP contribution < -0.4 is 0 Å². The number of carbonyl (C=O) groups excluding carboxylic acids is 2. The van der Waals surface area contributed by atoms with Crippen molar-refractivity contribution in [3.05, 3.63) is 56.8 Å². The average molecular weight is 345 g/mol. The number of carbonyl (C=O) groups is 2. The van der Waals surface area contributed by atoms with Gasteiger partial charge >= 0.3 is 5.97 Å². The number of methoxy groups -OCH3 is 1. The molecule has 0 amide bonds. The third-order valence-electron chi connectivity index (χ3n) is 3.97. The first-order chi connectivity index (χ1) is 11.4. The summed E-state index contributed by atoms with van der Waals surface area (Å²) in [5.74, 6) is -1.39. The normalized spacial score (nSPS) is 13.0. The Bertz CT molecular complexity index is 867. The van der Waals surface area contributed by atoms with E-state index in [1.807, 2.05) is 19.2 Å². The molecule has 1 heterocycles. The molecular formula is C18H16FNO3S. The van der Waals surface area contributed by atoms with Gasteiger partial charge in [0.05, 0.1) is 18.4 Å². The predicted molar refractivity (Wildman–Crippen MR) is 90.0 cm³/mol. The second kappa shape index (κ2) is 6.28. The van der Waals surface area contributed by atoms with Crippen molar-refractivity contribution in [1.29, 1.82) is 0 Å². The number of allylic oxidation sites excluding steroid dienone is 2. The minimum Gasteiger partial charge on any atom is -0.465 e. The summed E-state index contributed by atoms with van der Waals surface area (Å²) in [6, 6.07) is 2.68. The molecule has 0 N–H and O–H groups in total. The summed E-state index contributed by atoms with van der Waals surface area (Å²) in [6.45, 7) is 4.02. The first-order valence-corrected chi connectivity index (χ1v) is 8.41. The Balaban J connectivity index is 1.95. The minimum absolute atomic E-state index is 0.116. The third-order valence-corrected chi connectivity index (χ3v) is 4.83. The standard InChI is InChI=1S/C18H16FNO3S/c1-9(2)15-8-24-17(20-15)16(21)11-5-4-10-6-13(18(22)23-3)14(19)7-12(10)11/h5-9H,4H2,1-3H3. The number of ether oxygens (including phenoxy) is 1. The number of esters is 1. The highest BCUT2D eigenvalue weighted by molar-refractivity contribution is 7.12. The zero-order chi connectivity index (χ0) is 17.4. The van der Waals surface area contributed by atoms with Crippen LogP contribution in [0.4, 0.5) is 4.39 Å². The molecule has 4 nitrogen and oxygen atoms in total. The van der Waals surface area contributed by atoms with E-state index in [-0.39, 0.29) is 17.3 Å². The van der Waals surface area contributed by atoms with E-state index >= 15 is 0 Å². The highest BCUT2D eigenvalue weighted by Crippen LogP contribution is 2.33. The van der Waals surface area contributed by atoms with E-state index in [0.29, 0.717) is 22.6 Å². The average Bonchev–Trinajstić information content (AvgIpc) is 3.19. The number of thiazole rings is 1. The van der Waals surface area contributed by atoms with Crippen molar-refractivity contribution in [1.82, 2.24) is 4.98 Å².